The molecule has 0 bridgehead atoms. The van der Waals surface area contributed by atoms with Crippen LogP contribution in [0.5, 0.6) is 5.75 Å². The van der Waals surface area contributed by atoms with E-state index in [1.165, 1.54) is 6.42 Å². The standard InChI is InChI=1S/C19H26ClNO4/c20-14-6-9-18(25-12-16-3-1-2-10-24-16)17(11-14)21-15-7-4-13(5-8-15)19(22)23/h6,9,11,13,15-16,21H,1-5,7-8,10,12H2,(H,22,23). The average Bonchev–Trinajstić information content (AvgIpc) is 2.62. The van der Waals surface area contributed by atoms with Crippen molar-refractivity contribution in [3.8, 4) is 5.75 Å². The van der Waals surface area contributed by atoms with Crippen molar-refractivity contribution in [2.24, 2.45) is 5.92 Å². The fraction of sp³-hybridized carbons (Fsp3) is 0.632. The third-order valence-corrected chi connectivity index (χ3v) is 5.31. The van der Waals surface area contributed by atoms with E-state index in [0.717, 1.165) is 43.7 Å². The number of aliphatic carboxylic acids is 1. The molecule has 0 amide bonds. The van der Waals surface area contributed by atoms with Crippen LogP contribution in [0.4, 0.5) is 5.69 Å². The Bertz CT molecular complexity index is 581. The van der Waals surface area contributed by atoms with E-state index < -0.39 is 5.97 Å². The van der Waals surface area contributed by atoms with Gasteiger partial charge in [0.1, 0.15) is 12.4 Å². The maximum Gasteiger partial charge on any atom is 0.306 e. The number of carboxylic acids is 1. The van der Waals surface area contributed by atoms with Crippen LogP contribution in [0.25, 0.3) is 0 Å². The van der Waals surface area contributed by atoms with E-state index in [0.29, 0.717) is 24.5 Å². The first-order valence-corrected chi connectivity index (χ1v) is 9.53. The Morgan fingerprint density at radius 2 is 2.04 bits per heavy atom. The zero-order valence-electron chi connectivity index (χ0n) is 14.4. The number of hydrogen-bond acceptors (Lipinski definition) is 4. The van der Waals surface area contributed by atoms with Gasteiger partial charge in [-0.05, 0) is 63.1 Å². The van der Waals surface area contributed by atoms with Gasteiger partial charge in [0.05, 0.1) is 17.7 Å². The van der Waals surface area contributed by atoms with Gasteiger partial charge < -0.3 is 19.9 Å². The lowest BCUT2D eigenvalue weighted by Gasteiger charge is -2.29. The number of anilines is 1. The Labute approximate surface area is 153 Å². The predicted octanol–water partition coefficient (Wildman–Crippen LogP) is 4.34. The molecule has 1 heterocycles. The zero-order chi connectivity index (χ0) is 17.6. The quantitative estimate of drug-likeness (QED) is 0.782. The van der Waals surface area contributed by atoms with Gasteiger partial charge >= 0.3 is 5.97 Å². The Balaban J connectivity index is 1.58. The van der Waals surface area contributed by atoms with E-state index >= 15 is 0 Å². The van der Waals surface area contributed by atoms with Crippen LogP contribution in [0.15, 0.2) is 18.2 Å². The summed E-state index contributed by atoms with van der Waals surface area (Å²) in [5.74, 6) is -0.117. The molecule has 2 aliphatic rings. The van der Waals surface area contributed by atoms with Crippen LogP contribution >= 0.6 is 11.6 Å². The van der Waals surface area contributed by atoms with Gasteiger partial charge in [0.15, 0.2) is 0 Å². The van der Waals surface area contributed by atoms with Crippen LogP contribution in [-0.2, 0) is 9.53 Å². The summed E-state index contributed by atoms with van der Waals surface area (Å²) in [6.07, 6.45) is 6.61. The van der Waals surface area contributed by atoms with Crippen molar-refractivity contribution in [3.63, 3.8) is 0 Å². The Kier molecular flexibility index (Phi) is 6.43. The van der Waals surface area contributed by atoms with E-state index in [9.17, 15) is 4.79 Å². The summed E-state index contributed by atoms with van der Waals surface area (Å²) in [5, 5.41) is 13.3. The summed E-state index contributed by atoms with van der Waals surface area (Å²) < 4.78 is 11.7. The molecule has 1 aromatic carbocycles. The van der Waals surface area contributed by atoms with Crippen molar-refractivity contribution in [1.29, 1.82) is 0 Å². The van der Waals surface area contributed by atoms with Crippen molar-refractivity contribution >= 4 is 23.3 Å². The van der Waals surface area contributed by atoms with Crippen molar-refractivity contribution in [1.82, 2.24) is 0 Å². The Morgan fingerprint density at radius 3 is 2.72 bits per heavy atom. The SMILES string of the molecule is O=C(O)C1CCC(Nc2cc(Cl)ccc2OCC2CCCCO2)CC1. The molecule has 0 aromatic heterocycles. The van der Waals surface area contributed by atoms with E-state index in [1.54, 1.807) is 0 Å². The van der Waals surface area contributed by atoms with Gasteiger partial charge in [0.2, 0.25) is 0 Å². The molecule has 2 fully saturated rings. The largest absolute Gasteiger partial charge is 0.489 e. The van der Waals surface area contributed by atoms with Gasteiger partial charge in [0, 0.05) is 17.7 Å². The second kappa shape index (κ2) is 8.77. The molecule has 1 aliphatic carbocycles. The Morgan fingerprint density at radius 1 is 1.24 bits per heavy atom. The number of nitrogens with one attached hydrogen (secondary N) is 1. The second-order valence-electron chi connectivity index (χ2n) is 6.97. The Hall–Kier alpha value is -1.46. The fourth-order valence-electron chi connectivity index (χ4n) is 3.57. The number of ether oxygens (including phenoxy) is 2. The first-order chi connectivity index (χ1) is 12.1. The van der Waals surface area contributed by atoms with Gasteiger partial charge in [-0.1, -0.05) is 11.6 Å². The highest BCUT2D eigenvalue weighted by Crippen LogP contribution is 2.33. The molecule has 5 nitrogen and oxygen atoms in total. The maximum atomic E-state index is 11.1. The molecule has 6 heteroatoms. The third-order valence-electron chi connectivity index (χ3n) is 5.08. The number of carbonyl (C=O) groups is 1. The first-order valence-electron chi connectivity index (χ1n) is 9.15. The van der Waals surface area contributed by atoms with Gasteiger partial charge in [-0.3, -0.25) is 4.79 Å². The summed E-state index contributed by atoms with van der Waals surface area (Å²) in [6.45, 7) is 1.36. The number of rotatable bonds is 6. The van der Waals surface area contributed by atoms with Gasteiger partial charge in [-0.25, -0.2) is 0 Å². The summed E-state index contributed by atoms with van der Waals surface area (Å²) in [4.78, 5) is 11.1. The van der Waals surface area contributed by atoms with Crippen LogP contribution in [-0.4, -0.2) is 36.4 Å². The monoisotopic (exact) mass is 367 g/mol. The third kappa shape index (κ3) is 5.25. The van der Waals surface area contributed by atoms with E-state index in [-0.39, 0.29) is 18.1 Å². The highest BCUT2D eigenvalue weighted by Gasteiger charge is 2.26. The van der Waals surface area contributed by atoms with Crippen molar-refractivity contribution in [3.05, 3.63) is 23.2 Å². The second-order valence-corrected chi connectivity index (χ2v) is 7.41. The number of halogens is 1. The molecule has 1 saturated carbocycles. The highest BCUT2D eigenvalue weighted by molar-refractivity contribution is 6.30. The molecule has 3 rings (SSSR count). The minimum Gasteiger partial charge on any atom is -0.489 e. The number of carboxylic acid groups (broad SMARTS) is 1. The van der Waals surface area contributed by atoms with E-state index in [4.69, 9.17) is 26.2 Å². The predicted molar refractivity (Wildman–Crippen MR) is 97.5 cm³/mol. The molecule has 1 unspecified atom stereocenters. The number of benzene rings is 1. The lowest BCUT2D eigenvalue weighted by Crippen LogP contribution is -2.29. The average molecular weight is 368 g/mol. The van der Waals surface area contributed by atoms with Crippen LogP contribution < -0.4 is 10.1 Å². The molecule has 1 aliphatic heterocycles. The molecule has 1 saturated heterocycles. The van der Waals surface area contributed by atoms with Crippen LogP contribution in [0.2, 0.25) is 5.02 Å². The summed E-state index contributed by atoms with van der Waals surface area (Å²) in [6, 6.07) is 5.84. The van der Waals surface area contributed by atoms with Crippen LogP contribution in [0.1, 0.15) is 44.9 Å². The minimum atomic E-state index is -0.683. The van der Waals surface area contributed by atoms with Gasteiger partial charge in [-0.15, -0.1) is 0 Å². The molecule has 0 spiro atoms. The zero-order valence-corrected chi connectivity index (χ0v) is 15.1. The van der Waals surface area contributed by atoms with E-state index in [2.05, 4.69) is 5.32 Å². The minimum absolute atomic E-state index is 0.156. The van der Waals surface area contributed by atoms with Crippen LogP contribution in [0.3, 0.4) is 0 Å². The number of hydrogen-bond donors (Lipinski definition) is 2. The smallest absolute Gasteiger partial charge is 0.306 e. The molecular weight excluding hydrogens is 342 g/mol. The molecule has 25 heavy (non-hydrogen) atoms. The normalized spacial score (nSPS) is 26.8. The van der Waals surface area contributed by atoms with Crippen LogP contribution in [0, 0.1) is 5.92 Å². The summed E-state index contributed by atoms with van der Waals surface area (Å²) in [7, 11) is 0. The molecule has 2 N–H and O–H groups in total. The molecule has 1 aromatic rings. The molecular formula is C19H26ClNO4. The van der Waals surface area contributed by atoms with Gasteiger partial charge in [-0.2, -0.15) is 0 Å². The van der Waals surface area contributed by atoms with E-state index in [1.807, 2.05) is 18.2 Å². The summed E-state index contributed by atoms with van der Waals surface area (Å²) in [5.41, 5.74) is 0.877. The lowest BCUT2D eigenvalue weighted by molar-refractivity contribution is -0.142. The topological polar surface area (TPSA) is 67.8 Å². The van der Waals surface area contributed by atoms with Gasteiger partial charge in [0.25, 0.3) is 0 Å². The summed E-state index contributed by atoms with van der Waals surface area (Å²) >= 11 is 6.15. The lowest BCUT2D eigenvalue weighted by atomic mass is 9.86. The first kappa shape index (κ1) is 18.3. The van der Waals surface area contributed by atoms with Crippen molar-refractivity contribution < 1.29 is 19.4 Å². The molecule has 0 radical (unpaired) electrons. The maximum absolute atomic E-state index is 11.1. The van der Waals surface area contributed by atoms with Crippen molar-refractivity contribution in [2.45, 2.75) is 57.1 Å². The molecule has 1 atom stereocenters. The molecule has 138 valence electrons. The van der Waals surface area contributed by atoms with Crippen molar-refractivity contribution in [2.75, 3.05) is 18.5 Å². The fourth-order valence-corrected chi connectivity index (χ4v) is 3.74. The highest BCUT2D eigenvalue weighted by atomic mass is 35.5.